The summed E-state index contributed by atoms with van der Waals surface area (Å²) in [6.45, 7) is 3.98. The molecule has 7 nitrogen and oxygen atoms in total. The van der Waals surface area contributed by atoms with Gasteiger partial charge in [0, 0.05) is 33.7 Å². The average molecular weight is 438 g/mol. The second-order valence-electron chi connectivity index (χ2n) is 8.95. The predicted molar refractivity (Wildman–Crippen MR) is 114 cm³/mol. The standard InChI is InChI=1S/C25H26O7/c1-5-30-22(26)24-18-14-11-15(19(18)25(24,32-24)23(27)31-6-2)17-16(14)20(28-3)12-9-7-8-10-13(12)21(17)29-4/h7-10,14-15,18-19H,5-6,11H2,1-4H3/t14-,15+,18-,19+,24-,25+. The molecule has 168 valence electrons. The van der Waals surface area contributed by atoms with Crippen molar-refractivity contribution in [3.63, 3.8) is 0 Å². The van der Waals surface area contributed by atoms with Crippen LogP contribution >= 0.6 is 0 Å². The Morgan fingerprint density at radius 2 is 1.31 bits per heavy atom. The highest BCUT2D eigenvalue weighted by molar-refractivity contribution is 6.04. The number of rotatable bonds is 6. The third-order valence-corrected chi connectivity index (χ3v) is 8.04. The van der Waals surface area contributed by atoms with Gasteiger partial charge in [-0.05, 0) is 32.1 Å². The minimum Gasteiger partial charge on any atom is -0.496 e. The van der Waals surface area contributed by atoms with Crippen LogP contribution in [0.1, 0.15) is 43.2 Å². The van der Waals surface area contributed by atoms with Crippen molar-refractivity contribution in [2.24, 2.45) is 11.8 Å². The van der Waals surface area contributed by atoms with Crippen molar-refractivity contribution in [1.29, 1.82) is 0 Å². The summed E-state index contributed by atoms with van der Waals surface area (Å²) >= 11 is 0. The molecule has 2 aromatic carbocycles. The largest absolute Gasteiger partial charge is 0.496 e. The number of fused-ring (bicyclic) bond motifs is 12. The Labute approximate surface area is 185 Å². The van der Waals surface area contributed by atoms with Gasteiger partial charge in [0.15, 0.2) is 0 Å². The summed E-state index contributed by atoms with van der Waals surface area (Å²) in [4.78, 5) is 26.2. The first kappa shape index (κ1) is 19.9. The maximum atomic E-state index is 13.1. The molecule has 7 heteroatoms. The average Bonchev–Trinajstić information content (AvgIpc) is 3.02. The summed E-state index contributed by atoms with van der Waals surface area (Å²) < 4.78 is 28.8. The molecule has 1 aliphatic heterocycles. The number of epoxide rings is 1. The normalized spacial score (nSPS) is 34.8. The molecule has 0 N–H and O–H groups in total. The second kappa shape index (κ2) is 6.38. The van der Waals surface area contributed by atoms with Crippen LogP contribution in [0.3, 0.4) is 0 Å². The molecule has 32 heavy (non-hydrogen) atoms. The molecular weight excluding hydrogens is 412 g/mol. The minimum absolute atomic E-state index is 0.0166. The molecule has 0 aromatic heterocycles. The number of carbonyl (C=O) groups is 2. The third-order valence-electron chi connectivity index (χ3n) is 8.04. The van der Waals surface area contributed by atoms with E-state index in [9.17, 15) is 9.59 Å². The Balaban J connectivity index is 1.56. The van der Waals surface area contributed by atoms with Crippen LogP contribution in [0.25, 0.3) is 10.8 Å². The van der Waals surface area contributed by atoms with Crippen LogP contribution in [0.4, 0.5) is 0 Å². The Morgan fingerprint density at radius 1 is 0.875 bits per heavy atom. The van der Waals surface area contributed by atoms with E-state index in [1.165, 1.54) is 0 Å². The summed E-state index contributed by atoms with van der Waals surface area (Å²) in [5.41, 5.74) is -0.376. The topological polar surface area (TPSA) is 83.6 Å². The molecule has 3 fully saturated rings. The van der Waals surface area contributed by atoms with Crippen molar-refractivity contribution in [2.45, 2.75) is 43.3 Å². The van der Waals surface area contributed by atoms with Crippen LogP contribution in [-0.2, 0) is 23.8 Å². The van der Waals surface area contributed by atoms with E-state index in [4.69, 9.17) is 23.7 Å². The SMILES string of the molecule is CCOC(=O)[C@]12O[C@@]1(C(=O)OCC)[C@H]1[C@@H]2[C@H]2C[C@@H]1c1c2c(OC)c2ccccc2c1OC. The zero-order valence-corrected chi connectivity index (χ0v) is 18.6. The van der Waals surface area contributed by atoms with E-state index in [1.807, 2.05) is 24.3 Å². The lowest BCUT2D eigenvalue weighted by Gasteiger charge is -2.46. The van der Waals surface area contributed by atoms with Crippen LogP contribution in [0.5, 0.6) is 11.5 Å². The molecule has 2 saturated carbocycles. The number of esters is 2. The zero-order chi connectivity index (χ0) is 22.4. The van der Waals surface area contributed by atoms with E-state index in [-0.39, 0.29) is 36.9 Å². The lowest BCUT2D eigenvalue weighted by Crippen LogP contribution is -2.64. The highest BCUT2D eigenvalue weighted by Crippen LogP contribution is 2.85. The number of hydrogen-bond donors (Lipinski definition) is 0. The molecule has 1 saturated heterocycles. The summed E-state index contributed by atoms with van der Waals surface area (Å²) in [6.07, 6.45) is 0.819. The summed E-state index contributed by atoms with van der Waals surface area (Å²) in [7, 11) is 3.35. The quantitative estimate of drug-likeness (QED) is 0.389. The van der Waals surface area contributed by atoms with Gasteiger partial charge in [0.25, 0.3) is 0 Å². The van der Waals surface area contributed by atoms with Gasteiger partial charge in [-0.25, -0.2) is 9.59 Å². The van der Waals surface area contributed by atoms with Crippen LogP contribution in [0.2, 0.25) is 0 Å². The highest BCUT2D eigenvalue weighted by atomic mass is 16.7. The van der Waals surface area contributed by atoms with Crippen LogP contribution in [0, 0.1) is 11.8 Å². The maximum absolute atomic E-state index is 13.1. The second-order valence-corrected chi connectivity index (χ2v) is 8.95. The van der Waals surface area contributed by atoms with E-state index < -0.39 is 23.1 Å². The first-order chi connectivity index (χ1) is 15.5. The molecule has 0 spiro atoms. The molecule has 0 amide bonds. The zero-order valence-electron chi connectivity index (χ0n) is 18.6. The molecule has 4 aliphatic rings. The molecule has 2 bridgehead atoms. The van der Waals surface area contributed by atoms with Gasteiger partial charge in [-0.1, -0.05) is 24.3 Å². The first-order valence-electron chi connectivity index (χ1n) is 11.2. The van der Waals surface area contributed by atoms with Gasteiger partial charge in [0.05, 0.1) is 27.4 Å². The summed E-state index contributed by atoms with van der Waals surface area (Å²) in [5.74, 6) is 0.439. The minimum atomic E-state index is -1.26. The van der Waals surface area contributed by atoms with E-state index >= 15 is 0 Å². The maximum Gasteiger partial charge on any atom is 0.342 e. The number of ether oxygens (including phenoxy) is 5. The van der Waals surface area contributed by atoms with Crippen molar-refractivity contribution in [1.82, 2.24) is 0 Å². The van der Waals surface area contributed by atoms with Gasteiger partial charge in [-0.15, -0.1) is 0 Å². The van der Waals surface area contributed by atoms with E-state index in [2.05, 4.69) is 0 Å². The van der Waals surface area contributed by atoms with Crippen molar-refractivity contribution >= 4 is 22.7 Å². The van der Waals surface area contributed by atoms with Gasteiger partial charge >= 0.3 is 11.9 Å². The van der Waals surface area contributed by atoms with Gasteiger partial charge in [-0.3, -0.25) is 0 Å². The molecule has 0 radical (unpaired) electrons. The number of benzene rings is 2. The van der Waals surface area contributed by atoms with Gasteiger partial charge in [0.1, 0.15) is 11.5 Å². The lowest BCUT2D eigenvalue weighted by atomic mass is 9.51. The summed E-state index contributed by atoms with van der Waals surface area (Å²) in [6, 6.07) is 8.01. The van der Waals surface area contributed by atoms with Crippen LogP contribution in [-0.4, -0.2) is 50.6 Å². The molecule has 2 aromatic rings. The monoisotopic (exact) mass is 438 g/mol. The van der Waals surface area contributed by atoms with E-state index in [0.29, 0.717) is 0 Å². The molecule has 6 atom stereocenters. The van der Waals surface area contributed by atoms with Crippen molar-refractivity contribution in [2.75, 3.05) is 27.4 Å². The Bertz CT molecular complexity index is 1080. The Hall–Kier alpha value is -2.80. The van der Waals surface area contributed by atoms with Crippen LogP contribution in [0.15, 0.2) is 24.3 Å². The van der Waals surface area contributed by atoms with Crippen molar-refractivity contribution in [3.8, 4) is 11.5 Å². The fourth-order valence-corrected chi connectivity index (χ4v) is 7.22. The fourth-order valence-electron chi connectivity index (χ4n) is 7.22. The molecule has 6 rings (SSSR count). The number of carbonyl (C=O) groups excluding carboxylic acids is 2. The number of hydrogen-bond acceptors (Lipinski definition) is 7. The highest BCUT2D eigenvalue weighted by Gasteiger charge is 2.99. The van der Waals surface area contributed by atoms with E-state index in [1.54, 1.807) is 28.1 Å². The fraction of sp³-hybridized carbons (Fsp3) is 0.520. The molecular formula is C25H26O7. The molecule has 0 unspecified atom stereocenters. The van der Waals surface area contributed by atoms with Gasteiger partial charge < -0.3 is 23.7 Å². The molecule has 1 heterocycles. The smallest absolute Gasteiger partial charge is 0.342 e. The predicted octanol–water partition coefficient (Wildman–Crippen LogP) is 3.32. The van der Waals surface area contributed by atoms with Crippen LogP contribution < -0.4 is 9.47 Å². The Morgan fingerprint density at radius 3 is 1.69 bits per heavy atom. The van der Waals surface area contributed by atoms with E-state index in [0.717, 1.165) is 39.8 Å². The summed E-state index contributed by atoms with van der Waals surface area (Å²) in [5, 5.41) is 1.96. The molecule has 3 aliphatic carbocycles. The van der Waals surface area contributed by atoms with Gasteiger partial charge in [-0.2, -0.15) is 0 Å². The Kier molecular flexibility index (Phi) is 3.96. The third kappa shape index (κ3) is 1.90. The van der Waals surface area contributed by atoms with Crippen molar-refractivity contribution in [3.05, 3.63) is 35.4 Å². The first-order valence-corrected chi connectivity index (χ1v) is 11.2. The number of methoxy groups -OCH3 is 2. The van der Waals surface area contributed by atoms with Gasteiger partial charge in [0.2, 0.25) is 11.2 Å². The lowest BCUT2D eigenvalue weighted by molar-refractivity contribution is -0.164. The van der Waals surface area contributed by atoms with Crippen molar-refractivity contribution < 1.29 is 33.3 Å².